The van der Waals surface area contributed by atoms with Gasteiger partial charge in [-0.05, 0) is 31.5 Å². The lowest BCUT2D eigenvalue weighted by molar-refractivity contribution is -0.136. The molecule has 3 rings (SSSR count). The Morgan fingerprint density at radius 2 is 1.96 bits per heavy atom. The first kappa shape index (κ1) is 15.9. The molecule has 0 radical (unpaired) electrons. The van der Waals surface area contributed by atoms with Crippen molar-refractivity contribution >= 4 is 17.5 Å². The van der Waals surface area contributed by atoms with E-state index in [2.05, 4.69) is 15.7 Å². The summed E-state index contributed by atoms with van der Waals surface area (Å²) < 4.78 is 12.2. The Hall–Kier alpha value is -3.03. The van der Waals surface area contributed by atoms with Crippen molar-refractivity contribution in [2.24, 2.45) is 7.05 Å². The van der Waals surface area contributed by atoms with Crippen LogP contribution in [0.4, 0.5) is 5.69 Å². The Kier molecular flexibility index (Phi) is 4.11. The van der Waals surface area contributed by atoms with Crippen LogP contribution in [0.25, 0.3) is 0 Å². The summed E-state index contributed by atoms with van der Waals surface area (Å²) in [6, 6.07) is 5.35. The molecule has 0 spiro atoms. The number of aromatic nitrogens is 2. The minimum absolute atomic E-state index is 0.192. The first-order chi connectivity index (χ1) is 11.5. The molecule has 2 heterocycles. The Morgan fingerprint density at radius 1 is 1.21 bits per heavy atom. The number of hydrogen-bond acceptors (Lipinski definition) is 5. The van der Waals surface area contributed by atoms with Crippen LogP contribution in [0.1, 0.15) is 17.0 Å². The zero-order chi connectivity index (χ0) is 17.3. The maximum atomic E-state index is 12.0. The van der Waals surface area contributed by atoms with Gasteiger partial charge in [0.25, 0.3) is 0 Å². The lowest BCUT2D eigenvalue weighted by Crippen LogP contribution is -2.35. The molecule has 0 saturated heterocycles. The van der Waals surface area contributed by atoms with E-state index >= 15 is 0 Å². The fourth-order valence-electron chi connectivity index (χ4n) is 2.44. The number of aryl methyl sites for hydroxylation is 2. The maximum Gasteiger partial charge on any atom is 0.313 e. The van der Waals surface area contributed by atoms with E-state index < -0.39 is 11.8 Å². The van der Waals surface area contributed by atoms with E-state index in [0.717, 1.165) is 11.3 Å². The molecule has 0 bridgehead atoms. The normalized spacial score (nSPS) is 12.1. The fraction of sp³-hybridized carbons (Fsp3) is 0.312. The van der Waals surface area contributed by atoms with Crippen LogP contribution in [0, 0.1) is 13.8 Å². The monoisotopic (exact) mass is 330 g/mol. The summed E-state index contributed by atoms with van der Waals surface area (Å²) in [6.07, 6.45) is 0. The SMILES string of the molecule is Cc1nn(C)c(C)c1NC(=O)C(=O)NCc1ccc2c(c1)OCO2. The fourth-order valence-corrected chi connectivity index (χ4v) is 2.44. The molecule has 2 N–H and O–H groups in total. The van der Waals surface area contributed by atoms with Crippen LogP contribution in [0.15, 0.2) is 18.2 Å². The quantitative estimate of drug-likeness (QED) is 0.820. The van der Waals surface area contributed by atoms with Gasteiger partial charge in [0.1, 0.15) is 0 Å². The number of nitrogens with one attached hydrogen (secondary N) is 2. The molecule has 8 heteroatoms. The highest BCUT2D eigenvalue weighted by Gasteiger charge is 2.19. The smallest absolute Gasteiger partial charge is 0.313 e. The number of carbonyl (C=O) groups is 2. The van der Waals surface area contributed by atoms with Gasteiger partial charge in [0.2, 0.25) is 6.79 Å². The summed E-state index contributed by atoms with van der Waals surface area (Å²) in [5.74, 6) is -0.136. The molecule has 126 valence electrons. The highest BCUT2D eigenvalue weighted by Crippen LogP contribution is 2.32. The average Bonchev–Trinajstić information content (AvgIpc) is 3.12. The number of nitrogens with zero attached hydrogens (tertiary/aromatic N) is 2. The molecule has 0 unspecified atom stereocenters. The van der Waals surface area contributed by atoms with Gasteiger partial charge in [-0.15, -0.1) is 0 Å². The van der Waals surface area contributed by atoms with Crippen LogP contribution in [0.2, 0.25) is 0 Å². The maximum absolute atomic E-state index is 12.0. The van der Waals surface area contributed by atoms with E-state index in [1.807, 2.05) is 6.92 Å². The molecule has 0 fully saturated rings. The molecule has 0 saturated carbocycles. The van der Waals surface area contributed by atoms with E-state index in [0.29, 0.717) is 22.9 Å². The van der Waals surface area contributed by atoms with Gasteiger partial charge in [-0.1, -0.05) is 6.07 Å². The van der Waals surface area contributed by atoms with E-state index in [-0.39, 0.29) is 13.3 Å². The molecule has 1 aliphatic rings. The van der Waals surface area contributed by atoms with Gasteiger partial charge in [0.15, 0.2) is 11.5 Å². The highest BCUT2D eigenvalue weighted by atomic mass is 16.7. The van der Waals surface area contributed by atoms with Crippen LogP contribution in [0.5, 0.6) is 11.5 Å². The molecule has 24 heavy (non-hydrogen) atoms. The highest BCUT2D eigenvalue weighted by molar-refractivity contribution is 6.39. The molecule has 8 nitrogen and oxygen atoms in total. The number of hydrogen-bond donors (Lipinski definition) is 2. The molecule has 2 aromatic rings. The molecule has 1 aromatic heterocycles. The third kappa shape index (κ3) is 3.03. The number of amides is 2. The van der Waals surface area contributed by atoms with E-state index in [1.165, 1.54) is 0 Å². The van der Waals surface area contributed by atoms with E-state index in [4.69, 9.17) is 9.47 Å². The summed E-state index contributed by atoms with van der Waals surface area (Å²) in [7, 11) is 1.78. The lowest BCUT2D eigenvalue weighted by atomic mass is 10.2. The van der Waals surface area contributed by atoms with Gasteiger partial charge in [-0.25, -0.2) is 0 Å². The predicted molar refractivity (Wildman–Crippen MR) is 85.7 cm³/mol. The molecule has 0 atom stereocenters. The third-order valence-corrected chi connectivity index (χ3v) is 3.84. The molecule has 2 amide bonds. The van der Waals surface area contributed by atoms with Crippen molar-refractivity contribution in [3.05, 3.63) is 35.2 Å². The first-order valence-electron chi connectivity index (χ1n) is 7.43. The van der Waals surface area contributed by atoms with Crippen molar-refractivity contribution < 1.29 is 19.1 Å². The van der Waals surface area contributed by atoms with Crippen molar-refractivity contribution in [1.82, 2.24) is 15.1 Å². The Bertz CT molecular complexity index is 813. The second-order valence-corrected chi connectivity index (χ2v) is 5.49. The number of ether oxygens (including phenoxy) is 2. The summed E-state index contributed by atoms with van der Waals surface area (Å²) in [4.78, 5) is 24.0. The van der Waals surface area contributed by atoms with Gasteiger partial charge in [-0.2, -0.15) is 5.10 Å². The first-order valence-corrected chi connectivity index (χ1v) is 7.43. The zero-order valence-electron chi connectivity index (χ0n) is 13.7. The molecule has 0 aliphatic carbocycles. The minimum Gasteiger partial charge on any atom is -0.454 e. The largest absolute Gasteiger partial charge is 0.454 e. The van der Waals surface area contributed by atoms with Gasteiger partial charge >= 0.3 is 11.8 Å². The van der Waals surface area contributed by atoms with E-state index in [9.17, 15) is 9.59 Å². The van der Waals surface area contributed by atoms with Crippen molar-refractivity contribution in [3.8, 4) is 11.5 Å². The van der Waals surface area contributed by atoms with Gasteiger partial charge < -0.3 is 20.1 Å². The molecule has 1 aromatic carbocycles. The standard InChI is InChI=1S/C16H18N4O4/c1-9-14(10(2)20(3)19-9)18-16(22)15(21)17-7-11-4-5-12-13(6-11)24-8-23-12/h4-6H,7-8H2,1-3H3,(H,17,21)(H,18,22). The van der Waals surface area contributed by atoms with Crippen LogP contribution >= 0.6 is 0 Å². The van der Waals surface area contributed by atoms with Gasteiger partial charge in [0.05, 0.1) is 17.1 Å². The Balaban J connectivity index is 1.59. The lowest BCUT2D eigenvalue weighted by Gasteiger charge is -2.07. The molecular formula is C16H18N4O4. The minimum atomic E-state index is -0.727. The summed E-state index contributed by atoms with van der Waals surface area (Å²) >= 11 is 0. The molecular weight excluding hydrogens is 312 g/mol. The number of anilines is 1. The second kappa shape index (κ2) is 6.23. The predicted octanol–water partition coefficient (Wildman–Crippen LogP) is 1.02. The van der Waals surface area contributed by atoms with Crippen LogP contribution in [-0.2, 0) is 23.2 Å². The van der Waals surface area contributed by atoms with Crippen molar-refractivity contribution in [2.75, 3.05) is 12.1 Å². The van der Waals surface area contributed by atoms with Gasteiger partial charge in [0, 0.05) is 13.6 Å². The van der Waals surface area contributed by atoms with Crippen molar-refractivity contribution in [3.63, 3.8) is 0 Å². The summed E-state index contributed by atoms with van der Waals surface area (Å²) in [6.45, 7) is 4.00. The average molecular weight is 330 g/mol. The topological polar surface area (TPSA) is 94.5 Å². The summed E-state index contributed by atoms with van der Waals surface area (Å²) in [5.41, 5.74) is 2.81. The Morgan fingerprint density at radius 3 is 2.67 bits per heavy atom. The van der Waals surface area contributed by atoms with Crippen LogP contribution in [0.3, 0.4) is 0 Å². The molecule has 1 aliphatic heterocycles. The van der Waals surface area contributed by atoms with Crippen LogP contribution < -0.4 is 20.1 Å². The Labute approximate surface area is 138 Å². The third-order valence-electron chi connectivity index (χ3n) is 3.84. The van der Waals surface area contributed by atoms with Crippen molar-refractivity contribution in [1.29, 1.82) is 0 Å². The van der Waals surface area contributed by atoms with E-state index in [1.54, 1.807) is 36.9 Å². The zero-order valence-corrected chi connectivity index (χ0v) is 13.7. The number of carbonyl (C=O) groups excluding carboxylic acids is 2. The number of benzene rings is 1. The van der Waals surface area contributed by atoms with Crippen LogP contribution in [-0.4, -0.2) is 28.4 Å². The number of rotatable bonds is 3. The van der Waals surface area contributed by atoms with Crippen molar-refractivity contribution in [2.45, 2.75) is 20.4 Å². The summed E-state index contributed by atoms with van der Waals surface area (Å²) in [5, 5.41) is 9.37. The van der Waals surface area contributed by atoms with Gasteiger partial charge in [-0.3, -0.25) is 14.3 Å². The number of fused-ring (bicyclic) bond motifs is 1. The second-order valence-electron chi connectivity index (χ2n) is 5.49.